The lowest BCUT2D eigenvalue weighted by Crippen LogP contribution is -2.50. The molecular formula is C27H28ClN3O3. The first-order valence-corrected chi connectivity index (χ1v) is 12.2. The number of unbranched alkanes of at least 4 members (excludes halogenated alkanes) is 1. The van der Waals surface area contributed by atoms with Crippen molar-refractivity contribution >= 4 is 46.3 Å². The molecule has 0 bridgehead atoms. The van der Waals surface area contributed by atoms with Crippen molar-refractivity contribution in [3.05, 3.63) is 64.7 Å². The van der Waals surface area contributed by atoms with E-state index < -0.39 is 17.9 Å². The van der Waals surface area contributed by atoms with Gasteiger partial charge in [-0.1, -0.05) is 42.7 Å². The summed E-state index contributed by atoms with van der Waals surface area (Å²) in [4.78, 5) is 44.2. The number of benzene rings is 2. The summed E-state index contributed by atoms with van der Waals surface area (Å²) < 4.78 is 0. The molecule has 5 rings (SSSR count). The number of carbonyl (C=O) groups is 3. The first-order chi connectivity index (χ1) is 16.3. The standard InChI is InChI=1S/C27H28ClN3O3/c1-4-5-12-30-26(33)22-21-14-16(3)19-13-15(2)6-11-20(19)31(21)24(23(22)27(30)34)25(32)29-18-9-7-17(28)8-10-18/h6-11,13-14,21-24H,4-5,12H2,1-3H3,(H,29,32)/t21-,22-,23-,24+/m1/s1. The van der Waals surface area contributed by atoms with Crippen LogP contribution in [-0.2, 0) is 14.4 Å². The molecule has 0 spiro atoms. The predicted molar refractivity (Wildman–Crippen MR) is 134 cm³/mol. The van der Waals surface area contributed by atoms with Gasteiger partial charge in [0, 0.05) is 28.5 Å². The SMILES string of the molecule is CCCCN1C(=O)[C@@H]2[C@H](C1=O)[C@H]1C=C(C)c3cc(C)ccc3N1[C@@H]2C(=O)Nc1ccc(Cl)cc1. The minimum atomic E-state index is -0.792. The number of anilines is 2. The third-order valence-corrected chi connectivity index (χ3v) is 7.46. The number of rotatable bonds is 5. The molecule has 0 saturated carbocycles. The maximum atomic E-state index is 13.7. The molecule has 3 aliphatic rings. The second-order valence-corrected chi connectivity index (χ2v) is 9.88. The highest BCUT2D eigenvalue weighted by molar-refractivity contribution is 6.30. The molecule has 0 unspecified atom stereocenters. The van der Waals surface area contributed by atoms with Crippen LogP contribution < -0.4 is 10.2 Å². The summed E-state index contributed by atoms with van der Waals surface area (Å²) in [7, 11) is 0. The van der Waals surface area contributed by atoms with Crippen LogP contribution >= 0.6 is 11.6 Å². The van der Waals surface area contributed by atoms with Gasteiger partial charge in [0.25, 0.3) is 0 Å². The zero-order valence-electron chi connectivity index (χ0n) is 19.5. The molecule has 3 heterocycles. The monoisotopic (exact) mass is 477 g/mol. The second-order valence-electron chi connectivity index (χ2n) is 9.44. The minimum Gasteiger partial charge on any atom is -0.351 e. The molecule has 3 aliphatic heterocycles. The number of likely N-dealkylation sites (tertiary alicyclic amines) is 1. The van der Waals surface area contributed by atoms with Gasteiger partial charge in [0.1, 0.15) is 6.04 Å². The number of hydrogen-bond acceptors (Lipinski definition) is 4. The number of nitrogens with one attached hydrogen (secondary N) is 1. The van der Waals surface area contributed by atoms with Crippen molar-refractivity contribution in [3.63, 3.8) is 0 Å². The normalized spacial score (nSPS) is 25.1. The molecule has 0 aromatic heterocycles. The highest BCUT2D eigenvalue weighted by Gasteiger charge is 2.64. The number of halogens is 1. The van der Waals surface area contributed by atoms with Gasteiger partial charge in [-0.25, -0.2) is 0 Å². The van der Waals surface area contributed by atoms with Crippen molar-refractivity contribution in [1.82, 2.24) is 4.90 Å². The van der Waals surface area contributed by atoms with E-state index >= 15 is 0 Å². The lowest BCUT2D eigenvalue weighted by Gasteiger charge is -2.38. The number of hydrogen-bond donors (Lipinski definition) is 1. The maximum Gasteiger partial charge on any atom is 0.247 e. The lowest BCUT2D eigenvalue weighted by atomic mass is 9.87. The van der Waals surface area contributed by atoms with Gasteiger partial charge in [0.15, 0.2) is 0 Å². The van der Waals surface area contributed by atoms with Gasteiger partial charge in [-0.2, -0.15) is 0 Å². The molecule has 6 nitrogen and oxygen atoms in total. The minimum absolute atomic E-state index is 0.167. The first-order valence-electron chi connectivity index (χ1n) is 11.8. The Morgan fingerprint density at radius 3 is 2.44 bits per heavy atom. The lowest BCUT2D eigenvalue weighted by molar-refractivity contribution is -0.141. The Balaban J connectivity index is 1.59. The largest absolute Gasteiger partial charge is 0.351 e. The molecule has 2 aromatic rings. The Kier molecular flexibility index (Phi) is 5.72. The number of aryl methyl sites for hydroxylation is 1. The van der Waals surface area contributed by atoms with E-state index in [1.165, 1.54) is 4.90 Å². The van der Waals surface area contributed by atoms with Gasteiger partial charge in [-0.3, -0.25) is 19.3 Å². The van der Waals surface area contributed by atoms with E-state index in [9.17, 15) is 14.4 Å². The summed E-state index contributed by atoms with van der Waals surface area (Å²) in [6.45, 7) is 6.49. The number of nitrogens with zero attached hydrogens (tertiary/aromatic N) is 2. The van der Waals surface area contributed by atoms with E-state index in [0.717, 1.165) is 35.2 Å². The number of carbonyl (C=O) groups excluding carboxylic acids is 3. The molecule has 1 N–H and O–H groups in total. The van der Waals surface area contributed by atoms with E-state index in [1.54, 1.807) is 24.3 Å². The Hall–Kier alpha value is -3.12. The number of amides is 3. The molecule has 2 fully saturated rings. The molecule has 0 radical (unpaired) electrons. The van der Waals surface area contributed by atoms with E-state index in [0.29, 0.717) is 17.3 Å². The van der Waals surface area contributed by atoms with Crippen molar-refractivity contribution in [3.8, 4) is 0 Å². The average molecular weight is 478 g/mol. The summed E-state index contributed by atoms with van der Waals surface area (Å²) in [5, 5.41) is 3.53. The van der Waals surface area contributed by atoms with E-state index in [4.69, 9.17) is 11.6 Å². The zero-order chi connectivity index (χ0) is 24.1. The van der Waals surface area contributed by atoms with Gasteiger partial charge in [-0.05, 0) is 62.2 Å². The van der Waals surface area contributed by atoms with Gasteiger partial charge in [0.05, 0.1) is 17.9 Å². The summed E-state index contributed by atoms with van der Waals surface area (Å²) in [6, 6.07) is 11.8. The van der Waals surface area contributed by atoms with E-state index in [1.807, 2.05) is 37.8 Å². The number of allylic oxidation sites excluding steroid dienone is 1. The topological polar surface area (TPSA) is 69.7 Å². The molecular weight excluding hydrogens is 450 g/mol. The van der Waals surface area contributed by atoms with Crippen molar-refractivity contribution in [2.45, 2.75) is 45.7 Å². The van der Waals surface area contributed by atoms with Crippen molar-refractivity contribution in [1.29, 1.82) is 0 Å². The van der Waals surface area contributed by atoms with Crippen molar-refractivity contribution < 1.29 is 14.4 Å². The molecule has 34 heavy (non-hydrogen) atoms. The first kappa shape index (κ1) is 22.7. The van der Waals surface area contributed by atoms with Gasteiger partial charge in [0.2, 0.25) is 17.7 Å². The second kappa shape index (κ2) is 8.58. The van der Waals surface area contributed by atoms with Gasteiger partial charge in [-0.15, -0.1) is 0 Å². The zero-order valence-corrected chi connectivity index (χ0v) is 20.3. The van der Waals surface area contributed by atoms with Gasteiger partial charge >= 0.3 is 0 Å². The van der Waals surface area contributed by atoms with Crippen LogP contribution in [0.4, 0.5) is 11.4 Å². The third-order valence-electron chi connectivity index (χ3n) is 7.21. The Bertz CT molecular complexity index is 1210. The predicted octanol–water partition coefficient (Wildman–Crippen LogP) is 4.66. The highest BCUT2D eigenvalue weighted by atomic mass is 35.5. The van der Waals surface area contributed by atoms with Crippen LogP contribution in [0.25, 0.3) is 5.57 Å². The van der Waals surface area contributed by atoms with Crippen molar-refractivity contribution in [2.24, 2.45) is 11.8 Å². The van der Waals surface area contributed by atoms with Crippen LogP contribution in [0.5, 0.6) is 0 Å². The van der Waals surface area contributed by atoms with Crippen LogP contribution in [-0.4, -0.2) is 41.2 Å². The van der Waals surface area contributed by atoms with E-state index in [2.05, 4.69) is 17.5 Å². The molecule has 176 valence electrons. The molecule has 7 heteroatoms. The summed E-state index contributed by atoms with van der Waals surface area (Å²) >= 11 is 6.00. The Morgan fingerprint density at radius 2 is 1.74 bits per heavy atom. The quantitative estimate of drug-likeness (QED) is 0.636. The van der Waals surface area contributed by atoms with Gasteiger partial charge < -0.3 is 10.2 Å². The molecule has 4 atom stereocenters. The van der Waals surface area contributed by atoms with Crippen molar-refractivity contribution in [2.75, 3.05) is 16.8 Å². The summed E-state index contributed by atoms with van der Waals surface area (Å²) in [5.41, 5.74) is 4.70. The highest BCUT2D eigenvalue weighted by Crippen LogP contribution is 2.50. The number of fused-ring (bicyclic) bond motifs is 5. The fourth-order valence-electron chi connectivity index (χ4n) is 5.60. The van der Waals surface area contributed by atoms with Crippen LogP contribution in [0.2, 0.25) is 5.02 Å². The number of imide groups is 1. The third kappa shape index (κ3) is 3.52. The van der Waals surface area contributed by atoms with Crippen LogP contribution in [0.15, 0.2) is 48.5 Å². The van der Waals surface area contributed by atoms with Crippen LogP contribution in [0, 0.1) is 18.8 Å². The fraction of sp³-hybridized carbons (Fsp3) is 0.370. The molecule has 2 saturated heterocycles. The summed E-state index contributed by atoms with van der Waals surface area (Å²) in [6.07, 6.45) is 3.70. The fourth-order valence-corrected chi connectivity index (χ4v) is 5.73. The van der Waals surface area contributed by atoms with E-state index in [-0.39, 0.29) is 23.8 Å². The average Bonchev–Trinajstić information content (AvgIpc) is 3.27. The van der Waals surface area contributed by atoms with Crippen LogP contribution in [0.1, 0.15) is 37.8 Å². The maximum absolute atomic E-state index is 13.7. The van der Waals surface area contributed by atoms with Crippen LogP contribution in [0.3, 0.4) is 0 Å². The molecule has 0 aliphatic carbocycles. The smallest absolute Gasteiger partial charge is 0.247 e. The molecule has 3 amide bonds. The molecule has 2 aromatic carbocycles. The Morgan fingerprint density at radius 1 is 1.03 bits per heavy atom. The Labute approximate surface area is 204 Å². The summed E-state index contributed by atoms with van der Waals surface area (Å²) in [5.74, 6) is -2.00.